The molecule has 120 valence electrons. The van der Waals surface area contributed by atoms with Gasteiger partial charge in [-0.1, -0.05) is 0 Å². The molecule has 21 heavy (non-hydrogen) atoms. The van der Waals surface area contributed by atoms with E-state index in [0.717, 1.165) is 13.1 Å². The zero-order valence-electron chi connectivity index (χ0n) is 13.2. The second-order valence-electron chi connectivity index (χ2n) is 6.54. The van der Waals surface area contributed by atoms with E-state index in [0.29, 0.717) is 25.2 Å². The van der Waals surface area contributed by atoms with Crippen LogP contribution < -0.4 is 0 Å². The summed E-state index contributed by atoms with van der Waals surface area (Å²) < 4.78 is 5.33. The second-order valence-corrected chi connectivity index (χ2v) is 6.54. The Kier molecular flexibility index (Phi) is 4.43. The first kappa shape index (κ1) is 16.0. The summed E-state index contributed by atoms with van der Waals surface area (Å²) in [5.41, 5.74) is -0.530. The van der Waals surface area contributed by atoms with Gasteiger partial charge < -0.3 is 19.6 Å². The third-order valence-corrected chi connectivity index (χ3v) is 4.50. The van der Waals surface area contributed by atoms with Crippen molar-refractivity contribution in [2.45, 2.75) is 38.5 Å². The van der Waals surface area contributed by atoms with E-state index < -0.39 is 11.6 Å². The number of carbonyl (C=O) groups is 2. The van der Waals surface area contributed by atoms with Gasteiger partial charge in [0, 0.05) is 25.2 Å². The van der Waals surface area contributed by atoms with Crippen molar-refractivity contribution in [3.8, 4) is 0 Å². The van der Waals surface area contributed by atoms with Crippen LogP contribution in [0.2, 0.25) is 0 Å². The molecule has 2 fully saturated rings. The molecule has 2 amide bonds. The fraction of sp³-hybridized carbons (Fsp3) is 0.857. The average Bonchev–Trinajstić information content (AvgIpc) is 2.38. The van der Waals surface area contributed by atoms with Crippen LogP contribution in [0.5, 0.6) is 0 Å². The number of carbonyl (C=O) groups excluding carboxylic acids is 1. The van der Waals surface area contributed by atoms with Gasteiger partial charge in [0.2, 0.25) is 0 Å². The molecule has 0 radical (unpaired) electrons. The van der Waals surface area contributed by atoms with Gasteiger partial charge in [-0.2, -0.15) is 0 Å². The summed E-state index contributed by atoms with van der Waals surface area (Å²) in [4.78, 5) is 28.9. The van der Waals surface area contributed by atoms with Gasteiger partial charge in [0.15, 0.2) is 0 Å². The standard InChI is InChI=1S/C14H25N3O4/c1-10-5-16(6-11(2)15(10)4)13(20)17-8-14(3,9-17)21-7-12(18)19/h10-11H,5-9H2,1-4H3,(H,18,19). The highest BCUT2D eigenvalue weighted by molar-refractivity contribution is 5.76. The number of piperazine rings is 1. The number of aliphatic carboxylic acids is 1. The molecular formula is C14H25N3O4. The minimum Gasteiger partial charge on any atom is -0.480 e. The molecule has 2 saturated heterocycles. The minimum atomic E-state index is -0.984. The van der Waals surface area contributed by atoms with Crippen molar-refractivity contribution >= 4 is 12.0 Å². The Morgan fingerprint density at radius 2 is 1.71 bits per heavy atom. The summed E-state index contributed by atoms with van der Waals surface area (Å²) >= 11 is 0. The van der Waals surface area contributed by atoms with Crippen molar-refractivity contribution in [3.63, 3.8) is 0 Å². The molecule has 0 bridgehead atoms. The van der Waals surface area contributed by atoms with E-state index in [1.807, 2.05) is 11.8 Å². The highest BCUT2D eigenvalue weighted by Crippen LogP contribution is 2.26. The number of carboxylic acid groups (broad SMARTS) is 1. The van der Waals surface area contributed by atoms with Crippen molar-refractivity contribution < 1.29 is 19.4 Å². The maximum Gasteiger partial charge on any atom is 0.329 e. The predicted molar refractivity (Wildman–Crippen MR) is 77.2 cm³/mol. The minimum absolute atomic E-state index is 0.0261. The molecule has 2 rings (SSSR count). The number of likely N-dealkylation sites (tertiary alicyclic amines) is 1. The number of hydrogen-bond donors (Lipinski definition) is 1. The van der Waals surface area contributed by atoms with Gasteiger partial charge in [-0.25, -0.2) is 9.59 Å². The zero-order valence-corrected chi connectivity index (χ0v) is 13.2. The van der Waals surface area contributed by atoms with Crippen molar-refractivity contribution in [1.29, 1.82) is 0 Å². The van der Waals surface area contributed by atoms with Gasteiger partial charge in [-0.05, 0) is 27.8 Å². The zero-order chi connectivity index (χ0) is 15.8. The average molecular weight is 299 g/mol. The molecule has 7 nitrogen and oxygen atoms in total. The summed E-state index contributed by atoms with van der Waals surface area (Å²) in [7, 11) is 2.08. The molecule has 2 aliphatic heterocycles. The summed E-state index contributed by atoms with van der Waals surface area (Å²) in [6.45, 7) is 8.11. The van der Waals surface area contributed by atoms with Gasteiger partial charge in [0.1, 0.15) is 12.2 Å². The first-order chi connectivity index (χ1) is 9.72. The second kappa shape index (κ2) is 5.81. The number of carboxylic acids is 1. The molecular weight excluding hydrogens is 274 g/mol. The van der Waals surface area contributed by atoms with Gasteiger partial charge in [-0.15, -0.1) is 0 Å². The third kappa shape index (κ3) is 3.47. The maximum atomic E-state index is 12.5. The lowest BCUT2D eigenvalue weighted by molar-refractivity contribution is -0.160. The van der Waals surface area contributed by atoms with E-state index in [-0.39, 0.29) is 12.6 Å². The monoisotopic (exact) mass is 299 g/mol. The lowest BCUT2D eigenvalue weighted by Crippen LogP contribution is -2.68. The fourth-order valence-corrected chi connectivity index (χ4v) is 2.98. The van der Waals surface area contributed by atoms with Crippen LogP contribution in [0.1, 0.15) is 20.8 Å². The van der Waals surface area contributed by atoms with E-state index in [9.17, 15) is 9.59 Å². The van der Waals surface area contributed by atoms with Crippen LogP contribution in [0.15, 0.2) is 0 Å². The summed E-state index contributed by atoms with van der Waals surface area (Å²) in [5.74, 6) is -0.984. The molecule has 1 N–H and O–H groups in total. The Bertz CT molecular complexity index is 410. The van der Waals surface area contributed by atoms with E-state index >= 15 is 0 Å². The number of urea groups is 1. The molecule has 0 aromatic heterocycles. The lowest BCUT2D eigenvalue weighted by Gasteiger charge is -2.50. The van der Waals surface area contributed by atoms with E-state index in [4.69, 9.17) is 9.84 Å². The van der Waals surface area contributed by atoms with Crippen molar-refractivity contribution in [3.05, 3.63) is 0 Å². The number of ether oxygens (including phenoxy) is 1. The van der Waals surface area contributed by atoms with Crippen LogP contribution in [-0.4, -0.2) is 89.3 Å². The third-order valence-electron chi connectivity index (χ3n) is 4.50. The maximum absolute atomic E-state index is 12.5. The summed E-state index contributed by atoms with van der Waals surface area (Å²) in [6, 6.07) is 0.709. The van der Waals surface area contributed by atoms with Crippen molar-refractivity contribution in [1.82, 2.24) is 14.7 Å². The highest BCUT2D eigenvalue weighted by atomic mass is 16.5. The lowest BCUT2D eigenvalue weighted by atomic mass is 9.96. The molecule has 0 saturated carbocycles. The normalized spacial score (nSPS) is 29.1. The van der Waals surface area contributed by atoms with Crippen LogP contribution in [0.25, 0.3) is 0 Å². The van der Waals surface area contributed by atoms with Crippen LogP contribution >= 0.6 is 0 Å². The largest absolute Gasteiger partial charge is 0.480 e. The molecule has 0 aromatic rings. The summed E-state index contributed by atoms with van der Waals surface area (Å²) in [5, 5.41) is 8.64. The smallest absolute Gasteiger partial charge is 0.329 e. The Balaban J connectivity index is 1.85. The molecule has 2 aliphatic rings. The Morgan fingerprint density at radius 1 is 1.19 bits per heavy atom. The number of nitrogens with zero attached hydrogens (tertiary/aromatic N) is 3. The first-order valence-electron chi connectivity index (χ1n) is 7.33. The highest BCUT2D eigenvalue weighted by Gasteiger charge is 2.45. The van der Waals surface area contributed by atoms with E-state index in [2.05, 4.69) is 25.8 Å². The number of rotatable bonds is 3. The molecule has 0 aromatic carbocycles. The van der Waals surface area contributed by atoms with Gasteiger partial charge in [0.25, 0.3) is 0 Å². The van der Waals surface area contributed by atoms with Crippen LogP contribution in [0, 0.1) is 0 Å². The van der Waals surface area contributed by atoms with Crippen LogP contribution in [-0.2, 0) is 9.53 Å². The predicted octanol–water partition coefficient (Wildman–Crippen LogP) is 0.306. The topological polar surface area (TPSA) is 73.3 Å². The van der Waals surface area contributed by atoms with Crippen LogP contribution in [0.3, 0.4) is 0 Å². The number of hydrogen-bond acceptors (Lipinski definition) is 4. The quantitative estimate of drug-likeness (QED) is 0.812. The molecule has 2 heterocycles. The molecule has 7 heteroatoms. The van der Waals surface area contributed by atoms with Crippen LogP contribution in [0.4, 0.5) is 4.79 Å². The molecule has 2 unspecified atom stereocenters. The van der Waals surface area contributed by atoms with E-state index in [1.54, 1.807) is 4.90 Å². The van der Waals surface area contributed by atoms with Gasteiger partial charge in [-0.3, -0.25) is 4.90 Å². The fourth-order valence-electron chi connectivity index (χ4n) is 2.98. The first-order valence-corrected chi connectivity index (χ1v) is 7.33. The van der Waals surface area contributed by atoms with Crippen molar-refractivity contribution in [2.75, 3.05) is 39.8 Å². The number of amides is 2. The van der Waals surface area contributed by atoms with Gasteiger partial charge >= 0.3 is 12.0 Å². The number of likely N-dealkylation sites (N-methyl/N-ethyl adjacent to an activating group) is 1. The molecule has 2 atom stereocenters. The molecule has 0 aliphatic carbocycles. The molecule has 0 spiro atoms. The van der Waals surface area contributed by atoms with Gasteiger partial charge in [0.05, 0.1) is 13.1 Å². The summed E-state index contributed by atoms with van der Waals surface area (Å²) in [6.07, 6.45) is 0. The van der Waals surface area contributed by atoms with Crippen molar-refractivity contribution in [2.24, 2.45) is 0 Å². The van der Waals surface area contributed by atoms with E-state index in [1.165, 1.54) is 0 Å². The Morgan fingerprint density at radius 3 is 2.19 bits per heavy atom. The SMILES string of the molecule is CC1CN(C(=O)N2CC(C)(OCC(=O)O)C2)CC(C)N1C. The Hall–Kier alpha value is -1.34. The Labute approximate surface area is 125 Å².